The molecule has 1 amide bonds. The molecule has 0 bridgehead atoms. The Morgan fingerprint density at radius 2 is 1.44 bits per heavy atom. The number of rotatable bonds is 10. The fourth-order valence-electron chi connectivity index (χ4n) is 6.86. The molecule has 1 heterocycles. The molecule has 1 saturated carbocycles. The summed E-state index contributed by atoms with van der Waals surface area (Å²) in [5, 5.41) is 21.1. The molecule has 1 aliphatic heterocycles. The second-order valence-corrected chi connectivity index (χ2v) is 12.3. The Hall–Kier alpha value is -3.00. The molecule has 5 nitrogen and oxygen atoms in total. The lowest BCUT2D eigenvalue weighted by Crippen LogP contribution is -2.44. The number of carbonyl (C=O) groups is 1. The van der Waals surface area contributed by atoms with Crippen molar-refractivity contribution in [2.24, 2.45) is 11.8 Å². The molecule has 3 aromatic carbocycles. The maximum atomic E-state index is 13.6. The number of carbonyl (C=O) groups excluding carboxylic acids is 1. The minimum absolute atomic E-state index is 0. The van der Waals surface area contributed by atoms with E-state index in [4.69, 9.17) is 4.74 Å². The average molecular weight is 644 g/mol. The first-order valence-corrected chi connectivity index (χ1v) is 16.2. The second kappa shape index (κ2) is 18.2. The van der Waals surface area contributed by atoms with Crippen LogP contribution in [-0.2, 0) is 11.3 Å². The largest absolute Gasteiger partial charge is 0.445 e. The first-order chi connectivity index (χ1) is 21.3. The molecule has 3 aromatic rings. The fraction of sp³-hybridized carbons (Fsp3) is 0.486. The number of benzene rings is 3. The monoisotopic (exact) mass is 643 g/mol. The van der Waals surface area contributed by atoms with Crippen molar-refractivity contribution in [2.45, 2.75) is 103 Å². The Morgan fingerprint density at radius 1 is 0.822 bits per heavy atom. The van der Waals surface area contributed by atoms with Gasteiger partial charge in [-0.1, -0.05) is 94.1 Å². The van der Waals surface area contributed by atoms with E-state index in [1.54, 1.807) is 23.1 Å². The van der Waals surface area contributed by atoms with Gasteiger partial charge in [-0.15, -0.1) is 12.4 Å². The van der Waals surface area contributed by atoms with Crippen LogP contribution in [0.3, 0.4) is 0 Å². The van der Waals surface area contributed by atoms with Crippen molar-refractivity contribution in [1.29, 1.82) is 0 Å². The quantitative estimate of drug-likeness (QED) is 0.231. The Labute approximate surface area is 273 Å². The van der Waals surface area contributed by atoms with Crippen molar-refractivity contribution in [3.8, 4) is 0 Å². The molecule has 1 aliphatic carbocycles. The third kappa shape index (κ3) is 10.2. The standard InChI is InChI=1S/C22H26FNO3.C15H21FO.ClH/c1-2-7-19-12-13-20(21(25)17-10-6-11-18(23)14-17)24(19)22(26)27-15-16-8-4-3-5-9-16;1-2-4-11-7-8-13(9-11)15(17)12-5-3-6-14(16)10-12;/h3-6,8-11,14,19-21,25H,2,7,12-13,15H2,1H3;3,5-6,10-11,13,15,17H,2,4,7-9H2,1H3;1H/t19-,20-,21+;11-,13+,15+;/m00./s1. The molecule has 5 rings (SSSR count). The second-order valence-electron chi connectivity index (χ2n) is 12.3. The van der Waals surface area contributed by atoms with Gasteiger partial charge in [-0.25, -0.2) is 13.6 Å². The van der Waals surface area contributed by atoms with Crippen LogP contribution in [0.25, 0.3) is 0 Å². The highest BCUT2D eigenvalue weighted by Gasteiger charge is 2.41. The number of ether oxygens (including phenoxy) is 1. The van der Waals surface area contributed by atoms with Crippen LogP contribution in [0.1, 0.15) is 101 Å². The van der Waals surface area contributed by atoms with Crippen LogP contribution in [0.5, 0.6) is 0 Å². The third-order valence-corrected chi connectivity index (χ3v) is 9.05. The number of aliphatic hydroxyl groups is 2. The van der Waals surface area contributed by atoms with E-state index in [0.29, 0.717) is 17.9 Å². The summed E-state index contributed by atoms with van der Waals surface area (Å²) >= 11 is 0. The molecule has 0 unspecified atom stereocenters. The van der Waals surface area contributed by atoms with Gasteiger partial charge in [0.15, 0.2) is 0 Å². The van der Waals surface area contributed by atoms with Crippen molar-refractivity contribution in [3.63, 3.8) is 0 Å². The number of likely N-dealkylation sites (tertiary alicyclic amines) is 1. The van der Waals surface area contributed by atoms with Crippen LogP contribution in [-0.4, -0.2) is 33.3 Å². The van der Waals surface area contributed by atoms with Crippen LogP contribution in [0.4, 0.5) is 13.6 Å². The SMILES string of the molecule is CCC[C@H]1CC[C@@H]([C@H](O)c2cccc(F)c2)C1.CCC[C@H]1CC[C@@H]([C@H](O)c2cccc(F)c2)N1C(=O)OCc1ccccc1.Cl. The Balaban J connectivity index is 0.000000265. The smallest absolute Gasteiger partial charge is 0.410 e. The molecule has 2 N–H and O–H groups in total. The van der Waals surface area contributed by atoms with E-state index in [9.17, 15) is 23.8 Å². The van der Waals surface area contributed by atoms with Gasteiger partial charge < -0.3 is 14.9 Å². The molecule has 0 aromatic heterocycles. The molecule has 1 saturated heterocycles. The topological polar surface area (TPSA) is 70.0 Å². The fourth-order valence-corrected chi connectivity index (χ4v) is 6.86. The molecule has 0 spiro atoms. The molecule has 8 heteroatoms. The van der Waals surface area contributed by atoms with E-state index in [2.05, 4.69) is 13.8 Å². The van der Waals surface area contributed by atoms with Crippen LogP contribution >= 0.6 is 12.4 Å². The molecule has 246 valence electrons. The summed E-state index contributed by atoms with van der Waals surface area (Å²) < 4.78 is 32.2. The highest BCUT2D eigenvalue weighted by atomic mass is 35.5. The summed E-state index contributed by atoms with van der Waals surface area (Å²) in [5.41, 5.74) is 2.13. The lowest BCUT2D eigenvalue weighted by atomic mass is 9.92. The van der Waals surface area contributed by atoms with Crippen LogP contribution in [0.2, 0.25) is 0 Å². The number of hydrogen-bond acceptors (Lipinski definition) is 4. The van der Waals surface area contributed by atoms with Gasteiger partial charge in [0.1, 0.15) is 18.2 Å². The molecule has 2 aliphatic rings. The van der Waals surface area contributed by atoms with Gasteiger partial charge in [0.25, 0.3) is 0 Å². The predicted octanol–water partition coefficient (Wildman–Crippen LogP) is 9.33. The summed E-state index contributed by atoms with van der Waals surface area (Å²) in [6, 6.07) is 21.4. The van der Waals surface area contributed by atoms with Gasteiger partial charge in [-0.05, 0) is 84.9 Å². The van der Waals surface area contributed by atoms with E-state index in [0.717, 1.165) is 49.1 Å². The summed E-state index contributed by atoms with van der Waals surface area (Å²) in [5.74, 6) is 0.416. The van der Waals surface area contributed by atoms with Crippen LogP contribution in [0, 0.1) is 23.5 Å². The van der Waals surface area contributed by atoms with Crippen molar-refractivity contribution in [2.75, 3.05) is 0 Å². The van der Waals surface area contributed by atoms with Gasteiger partial charge in [-0.3, -0.25) is 4.90 Å². The molecule has 45 heavy (non-hydrogen) atoms. The highest BCUT2D eigenvalue weighted by molar-refractivity contribution is 5.85. The zero-order chi connectivity index (χ0) is 31.5. The molecular formula is C37H48ClF2NO4. The first-order valence-electron chi connectivity index (χ1n) is 16.2. The van der Waals surface area contributed by atoms with Gasteiger partial charge in [0.05, 0.1) is 18.2 Å². The third-order valence-electron chi connectivity index (χ3n) is 9.05. The van der Waals surface area contributed by atoms with Crippen molar-refractivity contribution < 1.29 is 28.5 Å². The summed E-state index contributed by atoms with van der Waals surface area (Å²) in [4.78, 5) is 14.5. The van der Waals surface area contributed by atoms with E-state index >= 15 is 0 Å². The van der Waals surface area contributed by atoms with Crippen LogP contribution < -0.4 is 0 Å². The molecule has 0 radical (unpaired) electrons. The highest BCUT2D eigenvalue weighted by Crippen LogP contribution is 2.41. The molecular weight excluding hydrogens is 596 g/mol. The normalized spacial score (nSPS) is 22.1. The zero-order valence-corrected chi connectivity index (χ0v) is 27.2. The lowest BCUT2D eigenvalue weighted by molar-refractivity contribution is 0.0332. The minimum Gasteiger partial charge on any atom is -0.445 e. The van der Waals surface area contributed by atoms with Gasteiger partial charge in [-0.2, -0.15) is 0 Å². The van der Waals surface area contributed by atoms with E-state index < -0.39 is 30.2 Å². The first kappa shape index (κ1) is 36.5. The Kier molecular flexibility index (Phi) is 14.8. The Bertz CT molecular complexity index is 1310. The predicted molar refractivity (Wildman–Crippen MR) is 176 cm³/mol. The van der Waals surface area contributed by atoms with Crippen molar-refractivity contribution in [1.82, 2.24) is 4.90 Å². The van der Waals surface area contributed by atoms with Crippen molar-refractivity contribution >= 4 is 18.5 Å². The minimum atomic E-state index is -0.938. The van der Waals surface area contributed by atoms with Crippen LogP contribution in [0.15, 0.2) is 78.9 Å². The Morgan fingerprint density at radius 3 is 2.04 bits per heavy atom. The summed E-state index contributed by atoms with van der Waals surface area (Å²) in [6.45, 7) is 4.47. The average Bonchev–Trinajstić information content (AvgIpc) is 3.68. The molecule has 2 fully saturated rings. The van der Waals surface area contributed by atoms with E-state index in [1.807, 2.05) is 36.4 Å². The number of hydrogen-bond donors (Lipinski definition) is 2. The number of aliphatic hydroxyl groups excluding tert-OH is 2. The van der Waals surface area contributed by atoms with E-state index in [1.165, 1.54) is 43.5 Å². The zero-order valence-electron chi connectivity index (χ0n) is 26.4. The lowest BCUT2D eigenvalue weighted by Gasteiger charge is -2.32. The number of amides is 1. The van der Waals surface area contributed by atoms with Crippen molar-refractivity contribution in [3.05, 3.63) is 107 Å². The maximum Gasteiger partial charge on any atom is 0.410 e. The van der Waals surface area contributed by atoms with E-state index in [-0.39, 0.29) is 30.9 Å². The molecule has 6 atom stereocenters. The summed E-state index contributed by atoms with van der Waals surface area (Å²) in [6.07, 6.45) is 7.27. The number of halogens is 3. The van der Waals surface area contributed by atoms with Gasteiger partial charge in [0, 0.05) is 6.04 Å². The maximum absolute atomic E-state index is 13.6. The summed E-state index contributed by atoms with van der Waals surface area (Å²) in [7, 11) is 0. The van der Waals surface area contributed by atoms with Gasteiger partial charge >= 0.3 is 6.09 Å². The van der Waals surface area contributed by atoms with Gasteiger partial charge in [0.2, 0.25) is 0 Å². The number of nitrogens with zero attached hydrogens (tertiary/aromatic N) is 1.